The number of hydrogen-bond donors (Lipinski definition) is 1. The lowest BCUT2D eigenvalue weighted by Crippen LogP contribution is -2.32. The topological polar surface area (TPSA) is 20.2 Å². The van der Waals surface area contributed by atoms with Gasteiger partial charge in [0.05, 0.1) is 6.10 Å². The fraction of sp³-hybridized carbons (Fsp3) is 0.733. The molecule has 0 bridgehead atoms. The van der Waals surface area contributed by atoms with Gasteiger partial charge in [0.15, 0.2) is 0 Å². The number of rotatable bonds is 1. The maximum absolute atomic E-state index is 9.72. The van der Waals surface area contributed by atoms with Crippen LogP contribution in [0.3, 0.4) is 0 Å². The van der Waals surface area contributed by atoms with Crippen LogP contribution in [0.5, 0.6) is 0 Å². The molecule has 1 N–H and O–H groups in total. The number of allylic oxidation sites excluding steroid dienone is 3. The fourth-order valence-electron chi connectivity index (χ4n) is 3.26. The normalized spacial score (nSPS) is 42.2. The van der Waals surface area contributed by atoms with Crippen LogP contribution in [-0.4, -0.2) is 11.2 Å². The van der Waals surface area contributed by atoms with Crippen LogP contribution in [0, 0.1) is 23.2 Å². The molecule has 0 aromatic carbocycles. The summed E-state index contributed by atoms with van der Waals surface area (Å²) in [5.74, 6) is 1.77. The number of hydrogen-bond acceptors (Lipinski definition) is 1. The molecule has 0 saturated carbocycles. The molecule has 0 saturated heterocycles. The summed E-state index contributed by atoms with van der Waals surface area (Å²) in [5, 5.41) is 9.72. The van der Waals surface area contributed by atoms with Gasteiger partial charge >= 0.3 is 0 Å². The van der Waals surface area contributed by atoms with E-state index in [-0.39, 0.29) is 6.10 Å². The van der Waals surface area contributed by atoms with Crippen LogP contribution < -0.4 is 0 Å². The lowest BCUT2D eigenvalue weighted by Gasteiger charge is -2.38. The smallest absolute Gasteiger partial charge is 0.0746 e. The van der Waals surface area contributed by atoms with E-state index in [1.165, 1.54) is 12.0 Å². The molecule has 0 aliphatic heterocycles. The minimum atomic E-state index is -0.227. The van der Waals surface area contributed by atoms with Gasteiger partial charge in [-0.3, -0.25) is 0 Å². The second-order valence-electron chi connectivity index (χ2n) is 6.20. The Morgan fingerprint density at radius 2 is 2.00 bits per heavy atom. The Labute approximate surface area is 99.3 Å². The van der Waals surface area contributed by atoms with Gasteiger partial charge in [-0.15, -0.1) is 0 Å². The van der Waals surface area contributed by atoms with Gasteiger partial charge in [-0.1, -0.05) is 44.6 Å². The molecule has 0 aromatic heterocycles. The first kappa shape index (κ1) is 11.9. The third-order valence-corrected chi connectivity index (χ3v) is 4.92. The van der Waals surface area contributed by atoms with Crippen molar-refractivity contribution in [3.05, 3.63) is 23.8 Å². The van der Waals surface area contributed by atoms with E-state index in [0.717, 1.165) is 12.3 Å². The highest BCUT2D eigenvalue weighted by atomic mass is 16.3. The summed E-state index contributed by atoms with van der Waals surface area (Å²) in [6, 6.07) is 0. The summed E-state index contributed by atoms with van der Waals surface area (Å²) >= 11 is 0. The summed E-state index contributed by atoms with van der Waals surface area (Å²) in [5.41, 5.74) is 1.86. The molecule has 1 unspecified atom stereocenters. The summed E-state index contributed by atoms with van der Waals surface area (Å²) in [6.45, 7) is 9.13. The molecule has 0 fully saturated rings. The van der Waals surface area contributed by atoms with Crippen molar-refractivity contribution in [2.24, 2.45) is 23.2 Å². The zero-order valence-corrected chi connectivity index (χ0v) is 10.9. The molecule has 2 rings (SSSR count). The van der Waals surface area contributed by atoms with E-state index in [1.54, 1.807) is 0 Å². The van der Waals surface area contributed by atoms with Crippen LogP contribution in [0.1, 0.15) is 40.5 Å². The highest BCUT2D eigenvalue weighted by Crippen LogP contribution is 2.49. The van der Waals surface area contributed by atoms with Gasteiger partial charge < -0.3 is 5.11 Å². The second-order valence-corrected chi connectivity index (χ2v) is 6.20. The van der Waals surface area contributed by atoms with Crippen molar-refractivity contribution in [2.45, 2.75) is 46.6 Å². The quantitative estimate of drug-likeness (QED) is 0.670. The molecule has 0 radical (unpaired) electrons. The maximum Gasteiger partial charge on any atom is 0.0746 e. The molecule has 0 aromatic rings. The zero-order chi connectivity index (χ0) is 11.9. The highest BCUT2D eigenvalue weighted by molar-refractivity contribution is 5.21. The molecule has 2 aliphatic rings. The number of aliphatic hydroxyl groups is 1. The maximum atomic E-state index is 9.72. The number of aliphatic hydroxyl groups excluding tert-OH is 1. The van der Waals surface area contributed by atoms with Crippen molar-refractivity contribution in [1.29, 1.82) is 0 Å². The molecular weight excluding hydrogens is 196 g/mol. The Hall–Kier alpha value is -0.560. The predicted octanol–water partition coefficient (Wildman–Crippen LogP) is 3.55. The van der Waals surface area contributed by atoms with Gasteiger partial charge in [-0.25, -0.2) is 0 Å². The third-order valence-electron chi connectivity index (χ3n) is 4.92. The lowest BCUT2D eigenvalue weighted by atomic mass is 9.67. The van der Waals surface area contributed by atoms with E-state index in [9.17, 15) is 5.11 Å². The molecule has 0 heterocycles. The SMILES string of the molecule is CC1=CCC([C@H]2C=C[C@H](O)[C@H](C)C2)C1(C)C. The minimum absolute atomic E-state index is 0.227. The van der Waals surface area contributed by atoms with Crippen molar-refractivity contribution in [3.8, 4) is 0 Å². The van der Waals surface area contributed by atoms with Gasteiger partial charge in [-0.05, 0) is 42.9 Å². The van der Waals surface area contributed by atoms with Crippen LogP contribution in [-0.2, 0) is 0 Å². The monoisotopic (exact) mass is 220 g/mol. The van der Waals surface area contributed by atoms with Crippen LogP contribution in [0.15, 0.2) is 23.8 Å². The molecule has 90 valence electrons. The first-order valence-corrected chi connectivity index (χ1v) is 6.46. The van der Waals surface area contributed by atoms with E-state index in [4.69, 9.17) is 0 Å². The Morgan fingerprint density at radius 1 is 1.31 bits per heavy atom. The van der Waals surface area contributed by atoms with E-state index in [2.05, 4.69) is 39.8 Å². The zero-order valence-electron chi connectivity index (χ0n) is 10.9. The van der Waals surface area contributed by atoms with Crippen molar-refractivity contribution >= 4 is 0 Å². The van der Waals surface area contributed by atoms with Crippen molar-refractivity contribution in [2.75, 3.05) is 0 Å². The molecule has 4 atom stereocenters. The van der Waals surface area contributed by atoms with Gasteiger partial charge in [0.2, 0.25) is 0 Å². The van der Waals surface area contributed by atoms with Crippen molar-refractivity contribution < 1.29 is 5.11 Å². The largest absolute Gasteiger partial charge is 0.389 e. The first-order valence-electron chi connectivity index (χ1n) is 6.46. The van der Waals surface area contributed by atoms with Crippen LogP contribution in [0.2, 0.25) is 0 Å². The lowest BCUT2D eigenvalue weighted by molar-refractivity contribution is 0.112. The van der Waals surface area contributed by atoms with Gasteiger partial charge in [0.25, 0.3) is 0 Å². The molecule has 0 amide bonds. The van der Waals surface area contributed by atoms with Crippen molar-refractivity contribution in [3.63, 3.8) is 0 Å². The average Bonchev–Trinajstić information content (AvgIpc) is 2.47. The Kier molecular flexibility index (Phi) is 3.00. The van der Waals surface area contributed by atoms with E-state index in [0.29, 0.717) is 17.3 Å². The summed E-state index contributed by atoms with van der Waals surface area (Å²) in [6.07, 6.45) is 8.76. The van der Waals surface area contributed by atoms with E-state index < -0.39 is 0 Å². The summed E-state index contributed by atoms with van der Waals surface area (Å²) in [4.78, 5) is 0. The standard InChI is InChI=1S/C15H24O/c1-10-9-12(6-8-14(10)16)13-7-5-11(2)15(13,3)4/h5-6,8,10,12-14,16H,7,9H2,1-4H3/t10-,12+,13?,14+/m1/s1. The van der Waals surface area contributed by atoms with Gasteiger partial charge in [-0.2, -0.15) is 0 Å². The summed E-state index contributed by atoms with van der Waals surface area (Å²) < 4.78 is 0. The molecule has 16 heavy (non-hydrogen) atoms. The average molecular weight is 220 g/mol. The molecule has 1 heteroatoms. The second kappa shape index (κ2) is 4.03. The molecular formula is C15H24O. The summed E-state index contributed by atoms with van der Waals surface area (Å²) in [7, 11) is 0. The van der Waals surface area contributed by atoms with Crippen LogP contribution in [0.4, 0.5) is 0 Å². The van der Waals surface area contributed by atoms with Gasteiger partial charge in [0.1, 0.15) is 0 Å². The molecule has 2 aliphatic carbocycles. The third kappa shape index (κ3) is 1.86. The minimum Gasteiger partial charge on any atom is -0.389 e. The van der Waals surface area contributed by atoms with Gasteiger partial charge in [0, 0.05) is 0 Å². The fourth-order valence-corrected chi connectivity index (χ4v) is 3.26. The highest BCUT2D eigenvalue weighted by Gasteiger charge is 2.40. The van der Waals surface area contributed by atoms with E-state index >= 15 is 0 Å². The molecule has 0 spiro atoms. The first-order chi connectivity index (χ1) is 7.43. The van der Waals surface area contributed by atoms with Crippen LogP contribution in [0.25, 0.3) is 0 Å². The predicted molar refractivity (Wildman–Crippen MR) is 68.1 cm³/mol. The van der Waals surface area contributed by atoms with Crippen LogP contribution >= 0.6 is 0 Å². The molecule has 1 nitrogen and oxygen atoms in total. The Morgan fingerprint density at radius 3 is 2.50 bits per heavy atom. The van der Waals surface area contributed by atoms with Crippen molar-refractivity contribution in [1.82, 2.24) is 0 Å². The Bertz CT molecular complexity index is 324. The van der Waals surface area contributed by atoms with E-state index in [1.807, 2.05) is 6.08 Å². The Balaban J connectivity index is 2.14.